The van der Waals surface area contributed by atoms with Crippen LogP contribution >= 0.6 is 0 Å². The van der Waals surface area contributed by atoms with Crippen molar-refractivity contribution in [3.63, 3.8) is 0 Å². The Balaban J connectivity index is 2.47. The topological polar surface area (TPSA) is 49.8 Å². The van der Waals surface area contributed by atoms with Crippen LogP contribution in [0.1, 0.15) is 32.3 Å². The lowest BCUT2D eigenvalue weighted by Gasteiger charge is -2.22. The highest BCUT2D eigenvalue weighted by molar-refractivity contribution is 5.66. The summed E-state index contributed by atoms with van der Waals surface area (Å²) in [5, 5.41) is 8.84. The molecule has 4 heteroatoms. The van der Waals surface area contributed by atoms with E-state index in [1.807, 2.05) is 12.1 Å². The van der Waals surface area contributed by atoms with Crippen LogP contribution in [-0.2, 0) is 11.2 Å². The van der Waals surface area contributed by atoms with Gasteiger partial charge in [0.25, 0.3) is 0 Å². The molecule has 0 atom stereocenters. The van der Waals surface area contributed by atoms with Crippen molar-refractivity contribution in [1.82, 2.24) is 4.90 Å². The van der Waals surface area contributed by atoms with Gasteiger partial charge in [0.1, 0.15) is 5.75 Å². The molecule has 4 nitrogen and oxygen atoms in total. The number of carboxylic acids is 1. The maximum absolute atomic E-state index is 10.7. The molecule has 0 radical (unpaired) electrons. The Kier molecular flexibility index (Phi) is 7.83. The number of carboxylic acid groups (broad SMARTS) is 1. The first-order valence-electron chi connectivity index (χ1n) is 7.58. The molecule has 118 valence electrons. The van der Waals surface area contributed by atoms with Crippen molar-refractivity contribution in [2.24, 2.45) is 5.92 Å². The van der Waals surface area contributed by atoms with Gasteiger partial charge in [-0.1, -0.05) is 26.0 Å². The summed E-state index contributed by atoms with van der Waals surface area (Å²) in [6.45, 7) is 6.86. The second kappa shape index (κ2) is 9.40. The minimum absolute atomic E-state index is 0.209. The van der Waals surface area contributed by atoms with Crippen molar-refractivity contribution in [2.75, 3.05) is 26.7 Å². The maximum Gasteiger partial charge on any atom is 0.304 e. The number of nitrogens with zero attached hydrogens (tertiary/aromatic N) is 1. The van der Waals surface area contributed by atoms with Gasteiger partial charge < -0.3 is 14.7 Å². The molecular weight excluding hydrogens is 266 g/mol. The van der Waals surface area contributed by atoms with Crippen LogP contribution in [0, 0.1) is 5.92 Å². The Morgan fingerprint density at radius 2 is 1.86 bits per heavy atom. The van der Waals surface area contributed by atoms with Crippen LogP contribution in [0.5, 0.6) is 5.75 Å². The van der Waals surface area contributed by atoms with E-state index in [-0.39, 0.29) is 6.42 Å². The molecule has 1 rings (SSSR count). The molecule has 0 unspecified atom stereocenters. The summed E-state index contributed by atoms with van der Waals surface area (Å²) < 4.78 is 5.15. The minimum atomic E-state index is -0.728. The Labute approximate surface area is 127 Å². The summed E-state index contributed by atoms with van der Waals surface area (Å²) in [5.41, 5.74) is 1.25. The van der Waals surface area contributed by atoms with Crippen molar-refractivity contribution in [2.45, 2.75) is 33.1 Å². The maximum atomic E-state index is 10.7. The van der Waals surface area contributed by atoms with E-state index >= 15 is 0 Å². The quantitative estimate of drug-likeness (QED) is 0.720. The molecule has 0 aliphatic carbocycles. The molecule has 0 saturated heterocycles. The molecule has 0 amide bonds. The zero-order valence-corrected chi connectivity index (χ0v) is 13.3. The fourth-order valence-corrected chi connectivity index (χ4v) is 2.11. The van der Waals surface area contributed by atoms with E-state index in [0.29, 0.717) is 12.5 Å². The smallest absolute Gasteiger partial charge is 0.304 e. The molecule has 1 aromatic carbocycles. The van der Waals surface area contributed by atoms with Gasteiger partial charge in [-0.15, -0.1) is 0 Å². The molecule has 0 aliphatic rings. The summed E-state index contributed by atoms with van der Waals surface area (Å²) in [6, 6.07) is 8.06. The molecule has 0 heterocycles. The van der Waals surface area contributed by atoms with E-state index in [1.165, 1.54) is 5.56 Å². The second-order valence-electron chi connectivity index (χ2n) is 5.77. The van der Waals surface area contributed by atoms with E-state index in [0.717, 1.165) is 31.7 Å². The first-order chi connectivity index (χ1) is 10.0. The van der Waals surface area contributed by atoms with Gasteiger partial charge in [-0.3, -0.25) is 4.79 Å². The van der Waals surface area contributed by atoms with Gasteiger partial charge in [0, 0.05) is 13.1 Å². The third-order valence-electron chi connectivity index (χ3n) is 3.54. The fraction of sp³-hybridized carbons (Fsp3) is 0.588. The fourth-order valence-electron chi connectivity index (χ4n) is 2.11. The average Bonchev–Trinajstić information content (AvgIpc) is 2.46. The molecular formula is C17H27NO3. The largest absolute Gasteiger partial charge is 0.497 e. The summed E-state index contributed by atoms with van der Waals surface area (Å²) in [7, 11) is 1.66. The first-order valence-corrected chi connectivity index (χ1v) is 7.58. The predicted molar refractivity (Wildman–Crippen MR) is 84.8 cm³/mol. The third-order valence-corrected chi connectivity index (χ3v) is 3.54. The van der Waals surface area contributed by atoms with E-state index in [9.17, 15) is 4.79 Å². The van der Waals surface area contributed by atoms with E-state index < -0.39 is 5.97 Å². The number of hydrogen-bond donors (Lipinski definition) is 1. The van der Waals surface area contributed by atoms with E-state index in [2.05, 4.69) is 30.9 Å². The molecule has 0 aliphatic heterocycles. The molecule has 0 aromatic heterocycles. The van der Waals surface area contributed by atoms with Gasteiger partial charge in [0.15, 0.2) is 0 Å². The summed E-state index contributed by atoms with van der Waals surface area (Å²) in [5.74, 6) is 0.772. The lowest BCUT2D eigenvalue weighted by atomic mass is 10.1. The normalized spacial score (nSPS) is 11.1. The summed E-state index contributed by atoms with van der Waals surface area (Å²) in [4.78, 5) is 13.0. The van der Waals surface area contributed by atoms with Gasteiger partial charge in [0.2, 0.25) is 0 Å². The summed E-state index contributed by atoms with van der Waals surface area (Å²) >= 11 is 0. The van der Waals surface area contributed by atoms with Crippen molar-refractivity contribution in [1.29, 1.82) is 0 Å². The van der Waals surface area contributed by atoms with Crippen LogP contribution in [0.25, 0.3) is 0 Å². The predicted octanol–water partition coefficient (Wildman–Crippen LogP) is 3.06. The molecule has 0 fully saturated rings. The van der Waals surface area contributed by atoms with Crippen LogP contribution in [0.4, 0.5) is 0 Å². The van der Waals surface area contributed by atoms with E-state index in [1.54, 1.807) is 7.11 Å². The number of carbonyl (C=O) groups is 1. The summed E-state index contributed by atoms with van der Waals surface area (Å²) in [6.07, 6.45) is 2.24. The number of rotatable bonds is 10. The van der Waals surface area contributed by atoms with E-state index in [4.69, 9.17) is 9.84 Å². The number of methoxy groups -OCH3 is 1. The molecule has 0 spiro atoms. The number of benzene rings is 1. The van der Waals surface area contributed by atoms with Crippen LogP contribution in [0.2, 0.25) is 0 Å². The SMILES string of the molecule is COc1ccc(CCN(CCC(=O)O)CCC(C)C)cc1. The van der Waals surface area contributed by atoms with Gasteiger partial charge in [-0.2, -0.15) is 0 Å². The van der Waals surface area contributed by atoms with Crippen LogP contribution in [-0.4, -0.2) is 42.7 Å². The van der Waals surface area contributed by atoms with Crippen molar-refractivity contribution in [3.8, 4) is 5.75 Å². The monoisotopic (exact) mass is 293 g/mol. The van der Waals surface area contributed by atoms with Gasteiger partial charge >= 0.3 is 5.97 Å². The van der Waals surface area contributed by atoms with Crippen LogP contribution in [0.15, 0.2) is 24.3 Å². The number of aliphatic carboxylic acids is 1. The lowest BCUT2D eigenvalue weighted by Crippen LogP contribution is -2.30. The van der Waals surface area contributed by atoms with Crippen LogP contribution < -0.4 is 4.74 Å². The Bertz CT molecular complexity index is 415. The number of ether oxygens (including phenoxy) is 1. The van der Waals surface area contributed by atoms with Crippen LogP contribution in [0.3, 0.4) is 0 Å². The Morgan fingerprint density at radius 1 is 1.19 bits per heavy atom. The molecule has 21 heavy (non-hydrogen) atoms. The first kappa shape index (κ1) is 17.5. The average molecular weight is 293 g/mol. The zero-order chi connectivity index (χ0) is 15.7. The highest BCUT2D eigenvalue weighted by Crippen LogP contribution is 2.12. The molecule has 0 bridgehead atoms. The molecule has 1 N–H and O–H groups in total. The lowest BCUT2D eigenvalue weighted by molar-refractivity contribution is -0.137. The standard InChI is InChI=1S/C17H27NO3/c1-14(2)8-11-18(13-10-17(19)20)12-9-15-4-6-16(21-3)7-5-15/h4-7,14H,8-13H2,1-3H3,(H,19,20). The zero-order valence-electron chi connectivity index (χ0n) is 13.3. The Morgan fingerprint density at radius 3 is 2.38 bits per heavy atom. The molecule has 0 saturated carbocycles. The van der Waals surface area contributed by atoms with Gasteiger partial charge in [-0.25, -0.2) is 0 Å². The molecule has 1 aromatic rings. The minimum Gasteiger partial charge on any atom is -0.497 e. The van der Waals surface area contributed by atoms with Gasteiger partial charge in [-0.05, 0) is 43.0 Å². The highest BCUT2D eigenvalue weighted by Gasteiger charge is 2.09. The van der Waals surface area contributed by atoms with Crippen molar-refractivity contribution < 1.29 is 14.6 Å². The van der Waals surface area contributed by atoms with Crippen molar-refractivity contribution >= 4 is 5.97 Å². The second-order valence-corrected chi connectivity index (χ2v) is 5.77. The van der Waals surface area contributed by atoms with Gasteiger partial charge in [0.05, 0.1) is 13.5 Å². The van der Waals surface area contributed by atoms with Crippen molar-refractivity contribution in [3.05, 3.63) is 29.8 Å². The number of hydrogen-bond acceptors (Lipinski definition) is 3. The third kappa shape index (κ3) is 7.71. The Hall–Kier alpha value is -1.55. The highest BCUT2D eigenvalue weighted by atomic mass is 16.5.